The lowest BCUT2D eigenvalue weighted by molar-refractivity contribution is -0.244. The minimum absolute atomic E-state index is 0.0915. The summed E-state index contributed by atoms with van der Waals surface area (Å²) in [5, 5.41) is 9.10. The van der Waals surface area contributed by atoms with Crippen molar-refractivity contribution in [3.05, 3.63) is 0 Å². The highest BCUT2D eigenvalue weighted by Gasteiger charge is 2.38. The average molecular weight is 288 g/mol. The number of ether oxygens (including phenoxy) is 2. The van der Waals surface area contributed by atoms with Gasteiger partial charge in [-0.25, -0.2) is 0 Å². The predicted octanol–water partition coefficient (Wildman–Crippen LogP) is 4.23. The fourth-order valence-electron chi connectivity index (χ4n) is 2.85. The van der Waals surface area contributed by atoms with Crippen LogP contribution < -0.4 is 0 Å². The van der Waals surface area contributed by atoms with Crippen LogP contribution in [0.25, 0.3) is 0 Å². The van der Waals surface area contributed by atoms with Gasteiger partial charge in [0.1, 0.15) is 0 Å². The molecule has 1 unspecified atom stereocenters. The van der Waals surface area contributed by atoms with Crippen LogP contribution in [0.3, 0.4) is 0 Å². The van der Waals surface area contributed by atoms with E-state index >= 15 is 0 Å². The summed E-state index contributed by atoms with van der Waals surface area (Å²) in [6.07, 6.45) is 8.83. The van der Waals surface area contributed by atoms with Crippen LogP contribution in [0.1, 0.15) is 71.6 Å². The Morgan fingerprint density at radius 3 is 2.05 bits per heavy atom. The van der Waals surface area contributed by atoms with E-state index in [1.807, 2.05) is 6.92 Å². The molecule has 0 aliphatic carbocycles. The van der Waals surface area contributed by atoms with Gasteiger partial charge in [0.2, 0.25) is 0 Å². The van der Waals surface area contributed by atoms with Gasteiger partial charge in [-0.15, -0.1) is 0 Å². The molecule has 0 aliphatic rings. The number of aliphatic carboxylic acids is 1. The van der Waals surface area contributed by atoms with Crippen molar-refractivity contribution in [3.8, 4) is 0 Å². The van der Waals surface area contributed by atoms with Crippen molar-refractivity contribution in [1.82, 2.24) is 0 Å². The second-order valence-corrected chi connectivity index (χ2v) is 5.42. The van der Waals surface area contributed by atoms with E-state index in [0.717, 1.165) is 19.3 Å². The SMILES string of the molecule is CCCCCCCCC(CC(=O)O)C(CC)(OC)OC. The third kappa shape index (κ3) is 6.71. The first-order valence-electron chi connectivity index (χ1n) is 7.88. The van der Waals surface area contributed by atoms with Crippen LogP contribution in [0.5, 0.6) is 0 Å². The molecule has 0 aromatic rings. The standard InChI is InChI=1S/C16H32O4/c1-5-7-8-9-10-11-12-14(13-15(17)18)16(6-2,19-3)20-4/h14H,5-13H2,1-4H3,(H,17,18). The van der Waals surface area contributed by atoms with E-state index in [0.29, 0.717) is 6.42 Å². The second kappa shape index (κ2) is 11.1. The minimum Gasteiger partial charge on any atom is -0.481 e. The molecule has 0 rings (SSSR count). The second-order valence-electron chi connectivity index (χ2n) is 5.42. The average Bonchev–Trinajstić information content (AvgIpc) is 2.44. The molecule has 20 heavy (non-hydrogen) atoms. The highest BCUT2D eigenvalue weighted by molar-refractivity contribution is 5.67. The van der Waals surface area contributed by atoms with Crippen molar-refractivity contribution < 1.29 is 19.4 Å². The molecule has 0 bridgehead atoms. The smallest absolute Gasteiger partial charge is 0.303 e. The van der Waals surface area contributed by atoms with Gasteiger partial charge in [0, 0.05) is 20.1 Å². The number of rotatable bonds is 13. The van der Waals surface area contributed by atoms with Gasteiger partial charge in [0.05, 0.1) is 6.42 Å². The fraction of sp³-hybridized carbons (Fsp3) is 0.938. The van der Waals surface area contributed by atoms with Crippen molar-refractivity contribution >= 4 is 5.97 Å². The topological polar surface area (TPSA) is 55.8 Å². The zero-order valence-corrected chi connectivity index (χ0v) is 13.6. The quantitative estimate of drug-likeness (QED) is 0.407. The largest absolute Gasteiger partial charge is 0.481 e. The first kappa shape index (κ1) is 19.4. The summed E-state index contributed by atoms with van der Waals surface area (Å²) < 4.78 is 11.0. The van der Waals surface area contributed by atoms with Crippen LogP contribution in [-0.2, 0) is 14.3 Å². The van der Waals surface area contributed by atoms with Crippen LogP contribution in [0.15, 0.2) is 0 Å². The van der Waals surface area contributed by atoms with Crippen LogP contribution in [0.4, 0.5) is 0 Å². The van der Waals surface area contributed by atoms with Crippen molar-refractivity contribution in [3.63, 3.8) is 0 Å². The van der Waals surface area contributed by atoms with Crippen LogP contribution in [-0.4, -0.2) is 31.1 Å². The number of methoxy groups -OCH3 is 2. The van der Waals surface area contributed by atoms with E-state index in [2.05, 4.69) is 6.92 Å². The maximum atomic E-state index is 11.1. The van der Waals surface area contributed by atoms with E-state index in [4.69, 9.17) is 14.6 Å². The molecule has 1 N–H and O–H groups in total. The lowest BCUT2D eigenvalue weighted by Crippen LogP contribution is -2.42. The van der Waals surface area contributed by atoms with E-state index in [1.165, 1.54) is 25.7 Å². The number of carbonyl (C=O) groups is 1. The Bertz CT molecular complexity index is 241. The van der Waals surface area contributed by atoms with Crippen LogP contribution >= 0.6 is 0 Å². The normalized spacial score (nSPS) is 13.4. The highest BCUT2D eigenvalue weighted by Crippen LogP contribution is 2.33. The number of carboxylic acid groups (broad SMARTS) is 1. The van der Waals surface area contributed by atoms with Crippen molar-refractivity contribution in [1.29, 1.82) is 0 Å². The van der Waals surface area contributed by atoms with Crippen LogP contribution in [0.2, 0.25) is 0 Å². The summed E-state index contributed by atoms with van der Waals surface area (Å²) >= 11 is 0. The van der Waals surface area contributed by atoms with Gasteiger partial charge >= 0.3 is 5.97 Å². The van der Waals surface area contributed by atoms with Gasteiger partial charge in [-0.1, -0.05) is 52.4 Å². The van der Waals surface area contributed by atoms with Gasteiger partial charge in [0.25, 0.3) is 0 Å². The van der Waals surface area contributed by atoms with Crippen molar-refractivity contribution in [2.24, 2.45) is 5.92 Å². The molecule has 4 heteroatoms. The molecule has 0 amide bonds. The molecular weight excluding hydrogens is 256 g/mol. The molecule has 0 aliphatic heterocycles. The zero-order chi connectivity index (χ0) is 15.4. The van der Waals surface area contributed by atoms with Crippen LogP contribution in [0, 0.1) is 5.92 Å². The van der Waals surface area contributed by atoms with E-state index in [-0.39, 0.29) is 12.3 Å². The Morgan fingerprint density at radius 1 is 1.05 bits per heavy atom. The summed E-state index contributed by atoms with van der Waals surface area (Å²) in [4.78, 5) is 11.1. The molecule has 4 nitrogen and oxygen atoms in total. The number of hydrogen-bond donors (Lipinski definition) is 1. The molecule has 0 saturated carbocycles. The van der Waals surface area contributed by atoms with Gasteiger partial charge < -0.3 is 14.6 Å². The van der Waals surface area contributed by atoms with Gasteiger partial charge in [0.15, 0.2) is 5.79 Å². The summed E-state index contributed by atoms with van der Waals surface area (Å²) in [5.41, 5.74) is 0. The predicted molar refractivity (Wildman–Crippen MR) is 80.8 cm³/mol. The van der Waals surface area contributed by atoms with Gasteiger partial charge in [-0.05, 0) is 12.8 Å². The molecule has 0 radical (unpaired) electrons. The Kier molecular flexibility index (Phi) is 10.8. The number of unbranched alkanes of at least 4 members (excludes halogenated alkanes) is 5. The summed E-state index contributed by atoms with van der Waals surface area (Å²) in [6, 6.07) is 0. The summed E-state index contributed by atoms with van der Waals surface area (Å²) in [5.74, 6) is -1.64. The molecular formula is C16H32O4. The van der Waals surface area contributed by atoms with E-state index < -0.39 is 11.8 Å². The Hall–Kier alpha value is -0.610. The minimum atomic E-state index is -0.784. The zero-order valence-electron chi connectivity index (χ0n) is 13.6. The lowest BCUT2D eigenvalue weighted by atomic mass is 9.87. The first-order chi connectivity index (χ1) is 9.56. The number of carboxylic acids is 1. The molecule has 0 heterocycles. The molecule has 0 saturated heterocycles. The Balaban J connectivity index is 4.37. The van der Waals surface area contributed by atoms with Gasteiger partial charge in [-0.3, -0.25) is 4.79 Å². The third-order valence-corrected chi connectivity index (χ3v) is 4.13. The molecule has 1 atom stereocenters. The summed E-state index contributed by atoms with van der Waals surface area (Å²) in [7, 11) is 3.20. The highest BCUT2D eigenvalue weighted by atomic mass is 16.7. The molecule has 0 aromatic heterocycles. The Labute approximate surface area is 123 Å². The van der Waals surface area contributed by atoms with Crippen molar-refractivity contribution in [2.75, 3.05) is 14.2 Å². The molecule has 120 valence electrons. The Morgan fingerprint density at radius 2 is 1.60 bits per heavy atom. The molecule has 0 aromatic carbocycles. The van der Waals surface area contributed by atoms with E-state index in [1.54, 1.807) is 14.2 Å². The monoisotopic (exact) mass is 288 g/mol. The van der Waals surface area contributed by atoms with Gasteiger partial charge in [-0.2, -0.15) is 0 Å². The molecule has 0 spiro atoms. The van der Waals surface area contributed by atoms with Crippen molar-refractivity contribution in [2.45, 2.75) is 77.4 Å². The van der Waals surface area contributed by atoms with E-state index in [9.17, 15) is 4.79 Å². The number of hydrogen-bond acceptors (Lipinski definition) is 3. The first-order valence-corrected chi connectivity index (χ1v) is 7.88. The third-order valence-electron chi connectivity index (χ3n) is 4.13. The maximum Gasteiger partial charge on any atom is 0.303 e. The lowest BCUT2D eigenvalue weighted by Gasteiger charge is -2.37. The molecule has 0 fully saturated rings. The maximum absolute atomic E-state index is 11.1. The summed E-state index contributed by atoms with van der Waals surface area (Å²) in [6.45, 7) is 4.18. The fourth-order valence-corrected chi connectivity index (χ4v) is 2.85.